The summed E-state index contributed by atoms with van der Waals surface area (Å²) in [6, 6.07) is 5.75. The van der Waals surface area contributed by atoms with Gasteiger partial charge in [-0.3, -0.25) is 10.1 Å². The zero-order valence-electron chi connectivity index (χ0n) is 9.51. The summed E-state index contributed by atoms with van der Waals surface area (Å²) in [6.07, 6.45) is 0. The molecule has 94 valence electrons. The van der Waals surface area contributed by atoms with Crippen LogP contribution in [-0.2, 0) is 11.3 Å². The van der Waals surface area contributed by atoms with Gasteiger partial charge in [0, 0.05) is 7.11 Å². The first kappa shape index (κ1) is 12.6. The number of nitrogens with one attached hydrogen (secondary N) is 1. The third-order valence-corrected chi connectivity index (χ3v) is 2.89. The molecule has 0 aliphatic rings. The van der Waals surface area contributed by atoms with Crippen molar-refractivity contribution in [3.05, 3.63) is 40.7 Å². The van der Waals surface area contributed by atoms with Crippen LogP contribution >= 0.6 is 11.3 Å². The summed E-state index contributed by atoms with van der Waals surface area (Å²) in [5.74, 6) is -1.12. The van der Waals surface area contributed by atoms with E-state index in [0.29, 0.717) is 16.7 Å². The molecule has 1 aromatic heterocycles. The number of carbonyl (C=O) groups is 1. The Morgan fingerprint density at radius 1 is 1.44 bits per heavy atom. The van der Waals surface area contributed by atoms with Crippen molar-refractivity contribution in [1.82, 2.24) is 10.2 Å². The van der Waals surface area contributed by atoms with Gasteiger partial charge in [-0.15, -0.1) is 10.2 Å². The van der Waals surface area contributed by atoms with Crippen molar-refractivity contribution >= 4 is 22.4 Å². The average Bonchev–Trinajstić information content (AvgIpc) is 2.77. The highest BCUT2D eigenvalue weighted by Gasteiger charge is 2.13. The number of ether oxygens (including phenoxy) is 1. The van der Waals surface area contributed by atoms with Gasteiger partial charge in [0.25, 0.3) is 5.91 Å². The summed E-state index contributed by atoms with van der Waals surface area (Å²) in [6.45, 7) is 0.327. The minimum Gasteiger partial charge on any atom is -0.377 e. The molecule has 5 nitrogen and oxygen atoms in total. The van der Waals surface area contributed by atoms with Crippen molar-refractivity contribution in [1.29, 1.82) is 0 Å². The van der Waals surface area contributed by atoms with Gasteiger partial charge in [-0.25, -0.2) is 4.39 Å². The molecule has 1 N–H and O–H groups in total. The number of hydrogen-bond donors (Lipinski definition) is 1. The molecule has 0 aliphatic carbocycles. The van der Waals surface area contributed by atoms with Crippen LogP contribution in [0.3, 0.4) is 0 Å². The maximum atomic E-state index is 13.4. The molecule has 0 fully saturated rings. The van der Waals surface area contributed by atoms with E-state index in [9.17, 15) is 9.18 Å². The molecule has 1 heterocycles. The molecule has 0 saturated heterocycles. The second-order valence-corrected chi connectivity index (χ2v) is 4.43. The lowest BCUT2D eigenvalue weighted by molar-refractivity contribution is 0.102. The lowest BCUT2D eigenvalue weighted by atomic mass is 10.2. The quantitative estimate of drug-likeness (QED) is 0.921. The summed E-state index contributed by atoms with van der Waals surface area (Å²) in [7, 11) is 1.54. The molecular weight excluding hydrogens is 257 g/mol. The molecule has 18 heavy (non-hydrogen) atoms. The molecule has 0 aliphatic heterocycles. The number of rotatable bonds is 4. The number of aromatic nitrogens is 2. The first-order valence-electron chi connectivity index (χ1n) is 5.08. The Morgan fingerprint density at radius 2 is 2.22 bits per heavy atom. The minimum atomic E-state index is -0.573. The largest absolute Gasteiger partial charge is 0.377 e. The molecule has 0 unspecified atom stereocenters. The van der Waals surface area contributed by atoms with Gasteiger partial charge in [-0.2, -0.15) is 0 Å². The monoisotopic (exact) mass is 267 g/mol. The normalized spacial score (nSPS) is 10.3. The van der Waals surface area contributed by atoms with Gasteiger partial charge in [0.15, 0.2) is 0 Å². The van der Waals surface area contributed by atoms with Crippen LogP contribution in [0.1, 0.15) is 15.4 Å². The first-order valence-corrected chi connectivity index (χ1v) is 5.89. The smallest absolute Gasteiger partial charge is 0.260 e. The molecule has 0 atom stereocenters. The Bertz CT molecular complexity index is 559. The van der Waals surface area contributed by atoms with Crippen LogP contribution in [0, 0.1) is 5.82 Å². The molecule has 2 rings (SSSR count). The van der Waals surface area contributed by atoms with Crippen LogP contribution in [0.4, 0.5) is 9.52 Å². The fourth-order valence-electron chi connectivity index (χ4n) is 1.30. The Morgan fingerprint density at radius 3 is 2.94 bits per heavy atom. The van der Waals surface area contributed by atoms with E-state index in [1.807, 2.05) is 0 Å². The predicted molar refractivity (Wildman–Crippen MR) is 65.0 cm³/mol. The van der Waals surface area contributed by atoms with E-state index in [4.69, 9.17) is 4.74 Å². The zero-order chi connectivity index (χ0) is 13.0. The summed E-state index contributed by atoms with van der Waals surface area (Å²) in [4.78, 5) is 11.8. The number of anilines is 1. The second kappa shape index (κ2) is 5.65. The van der Waals surface area contributed by atoms with E-state index < -0.39 is 11.7 Å². The number of amides is 1. The van der Waals surface area contributed by atoms with Crippen molar-refractivity contribution in [2.75, 3.05) is 12.4 Å². The number of benzene rings is 1. The number of nitrogens with zero attached hydrogens (tertiary/aromatic N) is 2. The number of halogens is 1. The van der Waals surface area contributed by atoms with Gasteiger partial charge in [-0.1, -0.05) is 23.5 Å². The van der Waals surface area contributed by atoms with Crippen LogP contribution in [0.15, 0.2) is 24.3 Å². The molecule has 2 aromatic rings. The molecule has 1 amide bonds. The van der Waals surface area contributed by atoms with Crippen LogP contribution < -0.4 is 5.32 Å². The highest BCUT2D eigenvalue weighted by Crippen LogP contribution is 2.17. The second-order valence-electron chi connectivity index (χ2n) is 3.37. The Labute approximate surface area is 107 Å². The molecule has 0 radical (unpaired) electrons. The molecule has 0 bridgehead atoms. The standard InChI is InChI=1S/C11H10FN3O2S/c1-17-6-9-14-15-11(18-9)13-10(16)7-4-2-3-5-8(7)12/h2-5H,6H2,1H3,(H,13,15,16). The van der Waals surface area contributed by atoms with Crippen molar-refractivity contribution in [2.45, 2.75) is 6.61 Å². The lowest BCUT2D eigenvalue weighted by Crippen LogP contribution is -2.13. The van der Waals surface area contributed by atoms with Crippen molar-refractivity contribution < 1.29 is 13.9 Å². The minimum absolute atomic E-state index is 0.0269. The zero-order valence-corrected chi connectivity index (χ0v) is 10.3. The lowest BCUT2D eigenvalue weighted by Gasteiger charge is -2.01. The van der Waals surface area contributed by atoms with Crippen molar-refractivity contribution in [3.8, 4) is 0 Å². The number of methoxy groups -OCH3 is 1. The van der Waals surface area contributed by atoms with Crippen LogP contribution in [0.25, 0.3) is 0 Å². The summed E-state index contributed by atoms with van der Waals surface area (Å²) in [5.41, 5.74) is -0.0269. The van der Waals surface area contributed by atoms with E-state index in [2.05, 4.69) is 15.5 Å². The van der Waals surface area contributed by atoms with Gasteiger partial charge in [-0.05, 0) is 12.1 Å². The molecular formula is C11H10FN3O2S. The molecule has 1 aromatic carbocycles. The SMILES string of the molecule is COCc1nnc(NC(=O)c2ccccc2F)s1. The van der Waals surface area contributed by atoms with Crippen LogP contribution in [-0.4, -0.2) is 23.2 Å². The molecule has 7 heteroatoms. The maximum Gasteiger partial charge on any atom is 0.260 e. The predicted octanol–water partition coefficient (Wildman–Crippen LogP) is 2.08. The summed E-state index contributed by atoms with van der Waals surface area (Å²) >= 11 is 1.18. The van der Waals surface area contributed by atoms with Gasteiger partial charge >= 0.3 is 0 Å². The van der Waals surface area contributed by atoms with E-state index in [-0.39, 0.29) is 5.56 Å². The summed E-state index contributed by atoms with van der Waals surface area (Å²) in [5, 5.41) is 11.0. The highest BCUT2D eigenvalue weighted by molar-refractivity contribution is 7.15. The van der Waals surface area contributed by atoms with Crippen LogP contribution in [0.5, 0.6) is 0 Å². The Hall–Kier alpha value is -1.86. The fourth-order valence-corrected chi connectivity index (χ4v) is 2.00. The fraction of sp³-hybridized carbons (Fsp3) is 0.182. The average molecular weight is 267 g/mol. The van der Waals surface area contributed by atoms with E-state index in [1.54, 1.807) is 13.2 Å². The topological polar surface area (TPSA) is 64.1 Å². The van der Waals surface area contributed by atoms with Crippen molar-refractivity contribution in [2.24, 2.45) is 0 Å². The Kier molecular flexibility index (Phi) is 3.96. The van der Waals surface area contributed by atoms with Gasteiger partial charge < -0.3 is 4.74 Å². The van der Waals surface area contributed by atoms with E-state index >= 15 is 0 Å². The van der Waals surface area contributed by atoms with E-state index in [0.717, 1.165) is 0 Å². The summed E-state index contributed by atoms with van der Waals surface area (Å²) < 4.78 is 18.2. The van der Waals surface area contributed by atoms with Gasteiger partial charge in [0.1, 0.15) is 17.4 Å². The first-order chi connectivity index (χ1) is 8.70. The molecule has 0 saturated carbocycles. The Balaban J connectivity index is 2.09. The van der Waals surface area contributed by atoms with Gasteiger partial charge in [0.2, 0.25) is 5.13 Å². The van der Waals surface area contributed by atoms with Crippen molar-refractivity contribution in [3.63, 3.8) is 0 Å². The third kappa shape index (κ3) is 2.88. The third-order valence-electron chi connectivity index (χ3n) is 2.07. The van der Waals surface area contributed by atoms with Crippen LogP contribution in [0.2, 0.25) is 0 Å². The number of carbonyl (C=O) groups excluding carboxylic acids is 1. The maximum absolute atomic E-state index is 13.4. The molecule has 0 spiro atoms. The number of hydrogen-bond acceptors (Lipinski definition) is 5. The van der Waals surface area contributed by atoms with Gasteiger partial charge in [0.05, 0.1) is 5.56 Å². The highest BCUT2D eigenvalue weighted by atomic mass is 32.1. The van der Waals surface area contributed by atoms with E-state index in [1.165, 1.54) is 29.5 Å².